The van der Waals surface area contributed by atoms with Gasteiger partial charge in [-0.25, -0.2) is 21.6 Å². The zero-order valence-electron chi connectivity index (χ0n) is 16.1. The summed E-state index contributed by atoms with van der Waals surface area (Å²) in [5.74, 6) is 1.21. The zero-order valence-corrected chi connectivity index (χ0v) is 17.7. The third kappa shape index (κ3) is 5.27. The van der Waals surface area contributed by atoms with E-state index >= 15 is 0 Å². The second kappa shape index (κ2) is 9.12. The molecular weight excluding hydrogens is 416 g/mol. The molecule has 0 bridgehead atoms. The predicted octanol–water partition coefficient (Wildman–Crippen LogP) is 1.84. The van der Waals surface area contributed by atoms with Crippen LogP contribution < -0.4 is 14.2 Å². The Bertz CT molecular complexity index is 1030. The number of nitrogens with zero attached hydrogens (tertiary/aromatic N) is 1. The van der Waals surface area contributed by atoms with Crippen LogP contribution in [0.1, 0.15) is 12.8 Å². The van der Waals surface area contributed by atoms with Crippen molar-refractivity contribution in [1.29, 1.82) is 0 Å². The van der Waals surface area contributed by atoms with Crippen molar-refractivity contribution in [3.8, 4) is 11.5 Å². The van der Waals surface area contributed by atoms with Gasteiger partial charge in [0.1, 0.15) is 18.1 Å². The first-order chi connectivity index (χ1) is 13.8. The molecule has 1 aliphatic rings. The van der Waals surface area contributed by atoms with Crippen LogP contribution in [0.4, 0.5) is 0 Å². The van der Waals surface area contributed by atoms with Gasteiger partial charge in [-0.05, 0) is 49.2 Å². The van der Waals surface area contributed by atoms with Crippen LogP contribution in [0.25, 0.3) is 0 Å². The number of sulfonamides is 2. The highest BCUT2D eigenvalue weighted by Gasteiger charge is 2.27. The number of hydrogen-bond acceptors (Lipinski definition) is 6. The molecule has 1 N–H and O–H groups in total. The first kappa shape index (κ1) is 21.6. The Morgan fingerprint density at radius 1 is 0.931 bits per heavy atom. The molecule has 2 aromatic rings. The lowest BCUT2D eigenvalue weighted by molar-refractivity contribution is 0.320. The number of benzene rings is 2. The van der Waals surface area contributed by atoms with Crippen LogP contribution in [-0.4, -0.2) is 54.5 Å². The normalized spacial score (nSPS) is 15.3. The van der Waals surface area contributed by atoms with Gasteiger partial charge in [0.15, 0.2) is 0 Å². The van der Waals surface area contributed by atoms with Gasteiger partial charge < -0.3 is 9.47 Å². The van der Waals surface area contributed by atoms with Crippen molar-refractivity contribution in [2.75, 3.05) is 33.4 Å². The lowest BCUT2D eigenvalue weighted by atomic mass is 10.3. The van der Waals surface area contributed by atoms with Gasteiger partial charge in [-0.2, -0.15) is 4.31 Å². The molecule has 0 radical (unpaired) electrons. The summed E-state index contributed by atoms with van der Waals surface area (Å²) >= 11 is 0. The number of nitrogens with one attached hydrogen (secondary N) is 1. The van der Waals surface area contributed by atoms with Gasteiger partial charge in [-0.3, -0.25) is 0 Å². The molecule has 0 spiro atoms. The minimum Gasteiger partial charge on any atom is -0.497 e. The van der Waals surface area contributed by atoms with Crippen LogP contribution in [0, 0.1) is 0 Å². The molecule has 0 unspecified atom stereocenters. The molecule has 29 heavy (non-hydrogen) atoms. The van der Waals surface area contributed by atoms with Crippen LogP contribution >= 0.6 is 0 Å². The largest absolute Gasteiger partial charge is 0.497 e. The van der Waals surface area contributed by atoms with Crippen LogP contribution in [0.15, 0.2) is 58.3 Å². The summed E-state index contributed by atoms with van der Waals surface area (Å²) in [5.41, 5.74) is 0. The molecule has 0 aliphatic carbocycles. The van der Waals surface area contributed by atoms with E-state index < -0.39 is 20.0 Å². The molecule has 0 amide bonds. The second-order valence-electron chi connectivity index (χ2n) is 6.51. The molecule has 3 rings (SSSR count). The van der Waals surface area contributed by atoms with E-state index in [9.17, 15) is 16.8 Å². The Kier molecular flexibility index (Phi) is 6.78. The SMILES string of the molecule is COc1cccc(OCCNS(=O)(=O)c2ccc(S(=O)(=O)N3CCCC3)cc2)c1. The van der Waals surface area contributed by atoms with Gasteiger partial charge in [0.25, 0.3) is 0 Å². The Labute approximate surface area is 171 Å². The van der Waals surface area contributed by atoms with Gasteiger partial charge in [0.05, 0.1) is 16.9 Å². The van der Waals surface area contributed by atoms with Crippen molar-refractivity contribution in [3.05, 3.63) is 48.5 Å². The minimum absolute atomic E-state index is 0.000692. The van der Waals surface area contributed by atoms with E-state index in [0.29, 0.717) is 24.6 Å². The van der Waals surface area contributed by atoms with Gasteiger partial charge in [0, 0.05) is 25.7 Å². The highest BCUT2D eigenvalue weighted by molar-refractivity contribution is 7.89. The Morgan fingerprint density at radius 3 is 2.21 bits per heavy atom. The molecule has 1 aliphatic heterocycles. The molecule has 0 atom stereocenters. The van der Waals surface area contributed by atoms with Crippen molar-refractivity contribution in [2.24, 2.45) is 0 Å². The maximum absolute atomic E-state index is 12.5. The molecule has 1 saturated heterocycles. The van der Waals surface area contributed by atoms with Crippen molar-refractivity contribution >= 4 is 20.0 Å². The Morgan fingerprint density at radius 2 is 1.55 bits per heavy atom. The van der Waals surface area contributed by atoms with Gasteiger partial charge in [-0.1, -0.05) is 6.07 Å². The summed E-state index contributed by atoms with van der Waals surface area (Å²) < 4.78 is 64.3. The van der Waals surface area contributed by atoms with E-state index in [1.165, 1.54) is 28.6 Å². The maximum atomic E-state index is 12.5. The highest BCUT2D eigenvalue weighted by Crippen LogP contribution is 2.22. The molecule has 1 heterocycles. The third-order valence-corrected chi connectivity index (χ3v) is 7.93. The minimum atomic E-state index is -3.77. The van der Waals surface area contributed by atoms with Crippen molar-refractivity contribution in [2.45, 2.75) is 22.6 Å². The third-order valence-electron chi connectivity index (χ3n) is 4.54. The topological polar surface area (TPSA) is 102 Å². The van der Waals surface area contributed by atoms with Crippen LogP contribution in [0.3, 0.4) is 0 Å². The molecule has 1 fully saturated rings. The van der Waals surface area contributed by atoms with Crippen LogP contribution in [0.5, 0.6) is 11.5 Å². The molecular formula is C19H24N2O6S2. The van der Waals surface area contributed by atoms with E-state index in [4.69, 9.17) is 9.47 Å². The zero-order chi connectivity index (χ0) is 20.9. The van der Waals surface area contributed by atoms with Crippen molar-refractivity contribution < 1.29 is 26.3 Å². The first-order valence-corrected chi connectivity index (χ1v) is 12.1. The smallest absolute Gasteiger partial charge is 0.243 e. The fraction of sp³-hybridized carbons (Fsp3) is 0.368. The van der Waals surface area contributed by atoms with E-state index in [2.05, 4.69) is 4.72 Å². The highest BCUT2D eigenvalue weighted by atomic mass is 32.2. The number of rotatable bonds is 9. The van der Waals surface area contributed by atoms with E-state index in [-0.39, 0.29) is 22.9 Å². The number of ether oxygens (including phenoxy) is 2. The molecule has 158 valence electrons. The summed E-state index contributed by atoms with van der Waals surface area (Å²) in [6, 6.07) is 12.3. The van der Waals surface area contributed by atoms with E-state index in [1.807, 2.05) is 0 Å². The summed E-state index contributed by atoms with van der Waals surface area (Å²) in [5, 5.41) is 0. The van der Waals surface area contributed by atoms with Gasteiger partial charge in [-0.15, -0.1) is 0 Å². The van der Waals surface area contributed by atoms with Gasteiger partial charge >= 0.3 is 0 Å². The van der Waals surface area contributed by atoms with Crippen molar-refractivity contribution in [3.63, 3.8) is 0 Å². The Hall–Kier alpha value is -2.14. The first-order valence-electron chi connectivity index (χ1n) is 9.20. The monoisotopic (exact) mass is 440 g/mol. The standard InChI is InChI=1S/C19H24N2O6S2/c1-26-16-5-4-6-17(15-16)27-14-11-20-28(22,23)18-7-9-19(10-8-18)29(24,25)21-12-2-3-13-21/h4-10,15,20H,2-3,11-14H2,1H3. The molecule has 10 heteroatoms. The molecule has 0 aromatic heterocycles. The maximum Gasteiger partial charge on any atom is 0.243 e. The summed E-state index contributed by atoms with van der Waals surface area (Å²) in [4.78, 5) is 0.0963. The predicted molar refractivity (Wildman–Crippen MR) is 108 cm³/mol. The van der Waals surface area contributed by atoms with E-state index in [1.54, 1.807) is 31.4 Å². The number of methoxy groups -OCH3 is 1. The fourth-order valence-electron chi connectivity index (χ4n) is 2.99. The van der Waals surface area contributed by atoms with E-state index in [0.717, 1.165) is 12.8 Å². The summed E-state index contributed by atoms with van der Waals surface area (Å²) in [7, 11) is -5.79. The Balaban J connectivity index is 1.57. The molecule has 0 saturated carbocycles. The van der Waals surface area contributed by atoms with Gasteiger partial charge in [0.2, 0.25) is 20.0 Å². The lowest BCUT2D eigenvalue weighted by Crippen LogP contribution is -2.29. The lowest BCUT2D eigenvalue weighted by Gasteiger charge is -2.15. The fourth-order valence-corrected chi connectivity index (χ4v) is 5.52. The van der Waals surface area contributed by atoms with Crippen LogP contribution in [-0.2, 0) is 20.0 Å². The van der Waals surface area contributed by atoms with Crippen LogP contribution in [0.2, 0.25) is 0 Å². The average Bonchev–Trinajstić information content (AvgIpc) is 3.27. The quantitative estimate of drug-likeness (QED) is 0.597. The summed E-state index contributed by atoms with van der Waals surface area (Å²) in [6.07, 6.45) is 1.68. The van der Waals surface area contributed by atoms with Crippen molar-refractivity contribution in [1.82, 2.24) is 9.03 Å². The second-order valence-corrected chi connectivity index (χ2v) is 10.2. The molecule has 2 aromatic carbocycles. The molecule has 8 nitrogen and oxygen atoms in total. The number of hydrogen-bond donors (Lipinski definition) is 1. The summed E-state index contributed by atoms with van der Waals surface area (Å²) in [6.45, 7) is 1.19. The average molecular weight is 441 g/mol.